The number of carbonyl (C=O) groups is 2. The van der Waals surface area contributed by atoms with Crippen LogP contribution in [0.15, 0.2) is 84.9 Å². The highest BCUT2D eigenvalue weighted by Gasteiger charge is 2.63. The molecule has 3 aromatic rings. The molecule has 0 N–H and O–H groups in total. The van der Waals surface area contributed by atoms with Crippen molar-refractivity contribution in [1.29, 1.82) is 0 Å². The second-order valence-corrected chi connectivity index (χ2v) is 7.27. The fraction of sp³-hybridized carbons (Fsp3) is 0.167. The van der Waals surface area contributed by atoms with Gasteiger partial charge in [-0.25, -0.2) is 0 Å². The van der Waals surface area contributed by atoms with Gasteiger partial charge in [0.25, 0.3) is 5.91 Å². The van der Waals surface area contributed by atoms with E-state index in [2.05, 4.69) is 0 Å². The zero-order valence-corrected chi connectivity index (χ0v) is 15.2. The number of hydrogen-bond acceptors (Lipinski definition) is 3. The van der Waals surface area contributed by atoms with Crippen molar-refractivity contribution in [2.45, 2.75) is 24.5 Å². The van der Waals surface area contributed by atoms with Gasteiger partial charge in [0.1, 0.15) is 0 Å². The van der Waals surface area contributed by atoms with Crippen molar-refractivity contribution >= 4 is 17.6 Å². The van der Waals surface area contributed by atoms with Gasteiger partial charge in [0, 0.05) is 11.5 Å². The molecule has 1 fully saturated rings. The predicted molar refractivity (Wildman–Crippen MR) is 106 cm³/mol. The largest absolute Gasteiger partial charge is 0.443 e. The van der Waals surface area contributed by atoms with Crippen LogP contribution in [0.5, 0.6) is 0 Å². The molecule has 2 aliphatic heterocycles. The van der Waals surface area contributed by atoms with Crippen LogP contribution >= 0.6 is 0 Å². The molecular weight excluding hydrogens is 350 g/mol. The Bertz CT molecular complexity index is 1050. The third-order valence-electron chi connectivity index (χ3n) is 5.68. The molecule has 2 atom stereocenters. The Labute approximate surface area is 163 Å². The third kappa shape index (κ3) is 2.38. The van der Waals surface area contributed by atoms with Crippen LogP contribution in [-0.2, 0) is 26.5 Å². The van der Waals surface area contributed by atoms with E-state index in [1.807, 2.05) is 84.9 Å². The van der Waals surface area contributed by atoms with E-state index in [1.54, 1.807) is 4.90 Å². The Morgan fingerprint density at radius 1 is 0.857 bits per heavy atom. The molecule has 0 saturated carbocycles. The lowest BCUT2D eigenvalue weighted by Gasteiger charge is -2.29. The van der Waals surface area contributed by atoms with Crippen LogP contribution in [0.2, 0.25) is 0 Å². The number of esters is 1. The normalized spacial score (nSPS) is 23.1. The summed E-state index contributed by atoms with van der Waals surface area (Å²) in [5.41, 5.74) is 2.27. The van der Waals surface area contributed by atoms with E-state index in [9.17, 15) is 9.59 Å². The van der Waals surface area contributed by atoms with E-state index in [-0.39, 0.29) is 24.2 Å². The first kappa shape index (κ1) is 16.8. The third-order valence-corrected chi connectivity index (χ3v) is 5.68. The Kier molecular flexibility index (Phi) is 3.79. The van der Waals surface area contributed by atoms with Crippen molar-refractivity contribution in [2.75, 3.05) is 4.90 Å². The molecule has 1 spiro atoms. The summed E-state index contributed by atoms with van der Waals surface area (Å²) in [5.74, 6) is -0.841. The van der Waals surface area contributed by atoms with Crippen molar-refractivity contribution in [2.24, 2.45) is 0 Å². The van der Waals surface area contributed by atoms with Crippen LogP contribution in [0.4, 0.5) is 5.69 Å². The molecular formula is C24H19NO3. The molecule has 2 heterocycles. The van der Waals surface area contributed by atoms with Gasteiger partial charge in [-0.2, -0.15) is 0 Å². The van der Waals surface area contributed by atoms with Gasteiger partial charge in [0.15, 0.2) is 0 Å². The minimum atomic E-state index is -1.29. The second kappa shape index (κ2) is 6.34. The summed E-state index contributed by atoms with van der Waals surface area (Å²) >= 11 is 0. The van der Waals surface area contributed by atoms with Crippen LogP contribution in [0.1, 0.15) is 29.0 Å². The van der Waals surface area contributed by atoms with Crippen LogP contribution < -0.4 is 4.90 Å². The lowest BCUT2D eigenvalue weighted by Crippen LogP contribution is -2.43. The summed E-state index contributed by atoms with van der Waals surface area (Å²) in [7, 11) is 0. The Balaban J connectivity index is 1.65. The average Bonchev–Trinajstić information content (AvgIpc) is 3.21. The quantitative estimate of drug-likeness (QED) is 0.652. The Morgan fingerprint density at radius 2 is 1.50 bits per heavy atom. The van der Waals surface area contributed by atoms with Gasteiger partial charge in [-0.3, -0.25) is 9.59 Å². The first-order valence-corrected chi connectivity index (χ1v) is 9.42. The molecule has 0 aromatic heterocycles. The zero-order chi connectivity index (χ0) is 19.1. The number of nitrogens with zero attached hydrogens (tertiary/aromatic N) is 1. The van der Waals surface area contributed by atoms with Gasteiger partial charge in [-0.05, 0) is 17.2 Å². The number of rotatable bonds is 3. The molecule has 0 aliphatic carbocycles. The molecule has 28 heavy (non-hydrogen) atoms. The molecule has 0 bridgehead atoms. The van der Waals surface area contributed by atoms with E-state index >= 15 is 0 Å². The minimum absolute atomic E-state index is 0.169. The molecule has 2 aliphatic rings. The van der Waals surface area contributed by atoms with Gasteiger partial charge in [-0.1, -0.05) is 78.9 Å². The maximum atomic E-state index is 13.8. The van der Waals surface area contributed by atoms with Crippen molar-refractivity contribution in [3.05, 3.63) is 102 Å². The highest BCUT2D eigenvalue weighted by Crippen LogP contribution is 2.55. The monoisotopic (exact) mass is 369 g/mol. The molecule has 1 saturated heterocycles. The van der Waals surface area contributed by atoms with E-state index < -0.39 is 5.60 Å². The summed E-state index contributed by atoms with van der Waals surface area (Å²) in [6.07, 6.45) is 0.198. The topological polar surface area (TPSA) is 46.6 Å². The van der Waals surface area contributed by atoms with E-state index in [4.69, 9.17) is 4.74 Å². The number of carbonyl (C=O) groups excluding carboxylic acids is 2. The predicted octanol–water partition coefficient (Wildman–Crippen LogP) is 4.16. The standard InChI is InChI=1S/C24H19NO3/c26-22-15-20(18-11-5-2-6-12-18)24(28-22)19-13-7-8-14-21(19)25(23(24)27)16-17-9-3-1-4-10-17/h1-14,20H,15-16H2/t20-,24-/m0/s1. The Morgan fingerprint density at radius 3 is 2.25 bits per heavy atom. The van der Waals surface area contributed by atoms with E-state index in [0.29, 0.717) is 6.54 Å². The van der Waals surface area contributed by atoms with Crippen molar-refractivity contribution in [1.82, 2.24) is 0 Å². The number of amides is 1. The smallest absolute Gasteiger partial charge is 0.308 e. The number of hydrogen-bond donors (Lipinski definition) is 0. The van der Waals surface area contributed by atoms with Crippen molar-refractivity contribution < 1.29 is 14.3 Å². The first-order valence-electron chi connectivity index (χ1n) is 9.42. The van der Waals surface area contributed by atoms with Gasteiger partial charge in [0.05, 0.1) is 18.7 Å². The fourth-order valence-electron chi connectivity index (χ4n) is 4.45. The SMILES string of the molecule is O=C1C[C@@H](c2ccccc2)[C@]2(O1)C(=O)N(Cc1ccccc1)c1ccccc12. The summed E-state index contributed by atoms with van der Waals surface area (Å²) in [5, 5.41) is 0. The highest BCUT2D eigenvalue weighted by molar-refractivity contribution is 6.09. The summed E-state index contributed by atoms with van der Waals surface area (Å²) < 4.78 is 5.85. The number of para-hydroxylation sites is 1. The number of benzene rings is 3. The van der Waals surface area contributed by atoms with Crippen molar-refractivity contribution in [3.63, 3.8) is 0 Å². The molecule has 0 unspecified atom stereocenters. The van der Waals surface area contributed by atoms with Crippen LogP contribution in [0.3, 0.4) is 0 Å². The van der Waals surface area contributed by atoms with Gasteiger partial charge in [-0.15, -0.1) is 0 Å². The van der Waals surface area contributed by atoms with E-state index in [1.165, 1.54) is 0 Å². The molecule has 4 heteroatoms. The van der Waals surface area contributed by atoms with E-state index in [0.717, 1.165) is 22.4 Å². The second-order valence-electron chi connectivity index (χ2n) is 7.27. The lowest BCUT2D eigenvalue weighted by atomic mass is 9.78. The molecule has 138 valence electrons. The average molecular weight is 369 g/mol. The van der Waals surface area contributed by atoms with Crippen LogP contribution in [0.25, 0.3) is 0 Å². The molecule has 3 aromatic carbocycles. The molecule has 4 nitrogen and oxygen atoms in total. The van der Waals surface area contributed by atoms with Crippen LogP contribution in [0, 0.1) is 0 Å². The maximum Gasteiger partial charge on any atom is 0.308 e. The number of ether oxygens (including phenoxy) is 1. The molecule has 0 radical (unpaired) electrons. The highest BCUT2D eigenvalue weighted by atomic mass is 16.6. The summed E-state index contributed by atoms with van der Waals surface area (Å²) in [4.78, 5) is 27.9. The lowest BCUT2D eigenvalue weighted by molar-refractivity contribution is -0.158. The zero-order valence-electron chi connectivity index (χ0n) is 15.2. The number of anilines is 1. The maximum absolute atomic E-state index is 13.8. The van der Waals surface area contributed by atoms with Gasteiger partial charge in [0.2, 0.25) is 5.60 Å². The molecule has 1 amide bonds. The molecule has 5 rings (SSSR count). The fourth-order valence-corrected chi connectivity index (χ4v) is 4.45. The van der Waals surface area contributed by atoms with Gasteiger partial charge >= 0.3 is 5.97 Å². The van der Waals surface area contributed by atoms with Crippen molar-refractivity contribution in [3.8, 4) is 0 Å². The first-order chi connectivity index (χ1) is 13.7. The summed E-state index contributed by atoms with van der Waals surface area (Å²) in [6, 6.07) is 27.2. The summed E-state index contributed by atoms with van der Waals surface area (Å²) in [6.45, 7) is 0.442. The minimum Gasteiger partial charge on any atom is -0.443 e. The van der Waals surface area contributed by atoms with Gasteiger partial charge < -0.3 is 9.64 Å². The Hall–Kier alpha value is -3.40. The van der Waals surface area contributed by atoms with Crippen LogP contribution in [-0.4, -0.2) is 11.9 Å². The number of fused-ring (bicyclic) bond motifs is 2.